The number of benzene rings is 2. The molecule has 0 bridgehead atoms. The second-order valence-electron chi connectivity index (χ2n) is 7.17. The van der Waals surface area contributed by atoms with Crippen molar-refractivity contribution in [3.8, 4) is 0 Å². The Hall–Kier alpha value is -2.54. The smallest absolute Gasteiger partial charge is 0.251 e. The lowest BCUT2D eigenvalue weighted by molar-refractivity contribution is 0.0933. The monoisotopic (exact) mass is 385 g/mol. The summed E-state index contributed by atoms with van der Waals surface area (Å²) in [5, 5.41) is 3.10. The van der Waals surface area contributed by atoms with E-state index in [9.17, 15) is 13.2 Å². The highest BCUT2D eigenvalue weighted by atomic mass is 32.2. The van der Waals surface area contributed by atoms with Gasteiger partial charge in [-0.15, -0.1) is 0 Å². The number of hydrogen-bond donors (Lipinski definition) is 2. The van der Waals surface area contributed by atoms with Crippen LogP contribution in [0, 0.1) is 0 Å². The number of carbonyl (C=O) groups excluding carboxylic acids is 1. The number of nitrogens with zero attached hydrogens (tertiary/aromatic N) is 1. The summed E-state index contributed by atoms with van der Waals surface area (Å²) >= 11 is 0. The molecule has 3 N–H and O–H groups in total. The van der Waals surface area contributed by atoms with Crippen LogP contribution in [-0.2, 0) is 16.4 Å². The van der Waals surface area contributed by atoms with Gasteiger partial charge in [0.15, 0.2) is 0 Å². The van der Waals surface area contributed by atoms with Gasteiger partial charge in [-0.1, -0.05) is 12.1 Å². The molecular formula is C20H23N3O3S. The van der Waals surface area contributed by atoms with Gasteiger partial charge in [-0.05, 0) is 67.1 Å². The Labute approximate surface area is 159 Å². The van der Waals surface area contributed by atoms with E-state index < -0.39 is 10.0 Å². The number of anilines is 2. The quantitative estimate of drug-likeness (QED) is 0.795. The molecule has 6 nitrogen and oxygen atoms in total. The Kier molecular flexibility index (Phi) is 4.55. The Bertz CT molecular complexity index is 988. The lowest BCUT2D eigenvalue weighted by Crippen LogP contribution is -2.31. The van der Waals surface area contributed by atoms with Crippen molar-refractivity contribution < 1.29 is 13.2 Å². The molecule has 27 heavy (non-hydrogen) atoms. The zero-order valence-corrected chi connectivity index (χ0v) is 15.8. The van der Waals surface area contributed by atoms with E-state index in [-0.39, 0.29) is 17.7 Å². The first kappa shape index (κ1) is 17.9. The second-order valence-corrected chi connectivity index (χ2v) is 9.18. The van der Waals surface area contributed by atoms with Gasteiger partial charge in [0.2, 0.25) is 10.0 Å². The van der Waals surface area contributed by atoms with E-state index in [1.54, 1.807) is 24.3 Å². The van der Waals surface area contributed by atoms with Crippen molar-refractivity contribution in [1.29, 1.82) is 0 Å². The molecule has 1 heterocycles. The van der Waals surface area contributed by atoms with Crippen molar-refractivity contribution in [3.05, 3.63) is 59.2 Å². The first-order chi connectivity index (χ1) is 12.9. The number of nitrogen functional groups attached to an aromatic ring is 1. The number of carbonyl (C=O) groups is 1. The fraction of sp³-hybridized carbons (Fsp3) is 0.350. The standard InChI is InChI=1S/C20H23N3O3S/c21-16-8-9-18-14(12-16)4-2-7-19(18)22-20(24)15-5-1-6-17(13-15)23-10-3-11-27(23,25)26/h1,5-6,8-9,12-13,19H,2-4,7,10-11,21H2,(H,22,24). The van der Waals surface area contributed by atoms with E-state index in [4.69, 9.17) is 5.73 Å². The van der Waals surface area contributed by atoms with E-state index in [1.807, 2.05) is 18.2 Å². The van der Waals surface area contributed by atoms with Crippen LogP contribution in [0.4, 0.5) is 11.4 Å². The molecule has 0 saturated carbocycles. The summed E-state index contributed by atoms with van der Waals surface area (Å²) < 4.78 is 25.7. The SMILES string of the molecule is Nc1ccc2c(c1)CCCC2NC(=O)c1cccc(N2CCCS2(=O)=O)c1. The molecule has 0 radical (unpaired) electrons. The molecule has 1 unspecified atom stereocenters. The first-order valence-electron chi connectivity index (χ1n) is 9.24. The average Bonchev–Trinajstić information content (AvgIpc) is 3.01. The van der Waals surface area contributed by atoms with Crippen LogP contribution in [-0.4, -0.2) is 26.6 Å². The summed E-state index contributed by atoms with van der Waals surface area (Å²) in [4.78, 5) is 12.8. The van der Waals surface area contributed by atoms with Crippen molar-refractivity contribution in [1.82, 2.24) is 5.32 Å². The zero-order chi connectivity index (χ0) is 19.0. The van der Waals surface area contributed by atoms with Crippen molar-refractivity contribution in [2.75, 3.05) is 22.3 Å². The molecule has 2 aromatic rings. The van der Waals surface area contributed by atoms with Gasteiger partial charge in [0.05, 0.1) is 17.5 Å². The van der Waals surface area contributed by atoms with Crippen LogP contribution in [0.3, 0.4) is 0 Å². The summed E-state index contributed by atoms with van der Waals surface area (Å²) in [6.45, 7) is 0.463. The lowest BCUT2D eigenvalue weighted by atomic mass is 9.87. The minimum atomic E-state index is -3.26. The van der Waals surface area contributed by atoms with Gasteiger partial charge in [0, 0.05) is 17.8 Å². The molecule has 0 spiro atoms. The third-order valence-electron chi connectivity index (χ3n) is 5.28. The summed E-state index contributed by atoms with van der Waals surface area (Å²) in [6.07, 6.45) is 3.45. The van der Waals surface area contributed by atoms with Crippen molar-refractivity contribution in [2.45, 2.75) is 31.7 Å². The van der Waals surface area contributed by atoms with Gasteiger partial charge in [0.25, 0.3) is 5.91 Å². The van der Waals surface area contributed by atoms with Gasteiger partial charge < -0.3 is 11.1 Å². The van der Waals surface area contributed by atoms with Crippen LogP contribution in [0.1, 0.15) is 46.8 Å². The van der Waals surface area contributed by atoms with Gasteiger partial charge in [0.1, 0.15) is 0 Å². The third-order valence-corrected chi connectivity index (χ3v) is 7.15. The number of sulfonamides is 1. The highest BCUT2D eigenvalue weighted by Gasteiger charge is 2.29. The molecule has 2 aliphatic rings. The van der Waals surface area contributed by atoms with E-state index >= 15 is 0 Å². The van der Waals surface area contributed by atoms with E-state index in [0.717, 1.165) is 30.5 Å². The van der Waals surface area contributed by atoms with Crippen LogP contribution < -0.4 is 15.4 Å². The molecule has 142 valence electrons. The second kappa shape index (κ2) is 6.88. The summed E-state index contributed by atoms with van der Waals surface area (Å²) in [5.41, 5.74) is 9.93. The Morgan fingerprint density at radius 1 is 1.15 bits per heavy atom. The maximum absolute atomic E-state index is 12.8. The first-order valence-corrected chi connectivity index (χ1v) is 10.8. The highest BCUT2D eigenvalue weighted by molar-refractivity contribution is 7.93. The fourth-order valence-corrected chi connectivity index (χ4v) is 5.51. The van der Waals surface area contributed by atoms with Gasteiger partial charge in [-0.2, -0.15) is 0 Å². The molecule has 1 aliphatic heterocycles. The maximum Gasteiger partial charge on any atom is 0.251 e. The molecule has 4 rings (SSSR count). The molecule has 1 amide bonds. The van der Waals surface area contributed by atoms with Gasteiger partial charge in [-0.25, -0.2) is 8.42 Å². The number of hydrogen-bond acceptors (Lipinski definition) is 4. The Morgan fingerprint density at radius 3 is 2.78 bits per heavy atom. The Morgan fingerprint density at radius 2 is 2.00 bits per heavy atom. The molecule has 1 saturated heterocycles. The van der Waals surface area contributed by atoms with E-state index in [2.05, 4.69) is 5.32 Å². The number of rotatable bonds is 3. The number of nitrogens with one attached hydrogen (secondary N) is 1. The van der Waals surface area contributed by atoms with Crippen molar-refractivity contribution >= 4 is 27.3 Å². The van der Waals surface area contributed by atoms with E-state index in [1.165, 1.54) is 9.87 Å². The van der Waals surface area contributed by atoms with Crippen LogP contribution >= 0.6 is 0 Å². The minimum absolute atomic E-state index is 0.0546. The minimum Gasteiger partial charge on any atom is -0.399 e. The molecular weight excluding hydrogens is 362 g/mol. The average molecular weight is 385 g/mol. The predicted octanol–water partition coefficient (Wildman–Crippen LogP) is 2.62. The zero-order valence-electron chi connectivity index (χ0n) is 15.0. The molecule has 0 aromatic heterocycles. The van der Waals surface area contributed by atoms with Crippen molar-refractivity contribution in [3.63, 3.8) is 0 Å². The number of amides is 1. The fourth-order valence-electron chi connectivity index (χ4n) is 3.96. The van der Waals surface area contributed by atoms with Crippen LogP contribution in [0.15, 0.2) is 42.5 Å². The van der Waals surface area contributed by atoms with Gasteiger partial charge >= 0.3 is 0 Å². The normalized spacial score (nSPS) is 20.9. The van der Waals surface area contributed by atoms with Crippen LogP contribution in [0.2, 0.25) is 0 Å². The number of nitrogens with two attached hydrogens (primary N) is 1. The topological polar surface area (TPSA) is 92.5 Å². The Balaban J connectivity index is 1.56. The van der Waals surface area contributed by atoms with Crippen LogP contribution in [0.25, 0.3) is 0 Å². The predicted molar refractivity (Wildman–Crippen MR) is 106 cm³/mol. The third kappa shape index (κ3) is 3.51. The van der Waals surface area contributed by atoms with Crippen molar-refractivity contribution in [2.24, 2.45) is 0 Å². The number of aryl methyl sites for hydroxylation is 1. The highest BCUT2D eigenvalue weighted by Crippen LogP contribution is 2.31. The summed E-state index contributed by atoms with van der Waals surface area (Å²) in [6, 6.07) is 12.6. The summed E-state index contributed by atoms with van der Waals surface area (Å²) in [7, 11) is -3.26. The molecule has 1 aliphatic carbocycles. The van der Waals surface area contributed by atoms with Crippen LogP contribution in [0.5, 0.6) is 0 Å². The molecule has 1 atom stereocenters. The maximum atomic E-state index is 12.8. The number of fused-ring (bicyclic) bond motifs is 1. The molecule has 1 fully saturated rings. The largest absolute Gasteiger partial charge is 0.399 e. The molecule has 2 aromatic carbocycles. The van der Waals surface area contributed by atoms with E-state index in [0.29, 0.717) is 24.2 Å². The molecule has 7 heteroatoms. The lowest BCUT2D eigenvalue weighted by Gasteiger charge is -2.27. The van der Waals surface area contributed by atoms with Gasteiger partial charge in [-0.3, -0.25) is 9.10 Å². The summed E-state index contributed by atoms with van der Waals surface area (Å²) in [5.74, 6) is -0.0334.